The van der Waals surface area contributed by atoms with Gasteiger partial charge in [-0.05, 0) is 76.1 Å². The van der Waals surface area contributed by atoms with Crippen LogP contribution in [0.2, 0.25) is 5.02 Å². The predicted octanol–water partition coefficient (Wildman–Crippen LogP) is 6.09. The molecule has 180 valence electrons. The Kier molecular flexibility index (Phi) is 9.16. The van der Waals surface area contributed by atoms with Crippen molar-refractivity contribution in [2.75, 3.05) is 25.4 Å². The van der Waals surface area contributed by atoms with Gasteiger partial charge in [0.25, 0.3) is 0 Å². The number of carbonyl (C=O) groups is 1. The minimum absolute atomic E-state index is 0.132. The number of carbonyl (C=O) groups excluding carboxylic acids is 1. The molecule has 1 amide bonds. The molecule has 1 aromatic heterocycles. The van der Waals surface area contributed by atoms with E-state index in [4.69, 9.17) is 21.0 Å². The number of amides is 1. The predicted molar refractivity (Wildman–Crippen MR) is 137 cm³/mol. The van der Waals surface area contributed by atoms with E-state index in [0.29, 0.717) is 10.9 Å². The third kappa shape index (κ3) is 7.24. The first kappa shape index (κ1) is 24.6. The molecule has 2 heterocycles. The maximum Gasteiger partial charge on any atom is 0.226 e. The van der Waals surface area contributed by atoms with Crippen molar-refractivity contribution in [2.45, 2.75) is 70.1 Å². The second-order valence-electron chi connectivity index (χ2n) is 9.36. The molecule has 1 aliphatic heterocycles. The molecule has 2 fully saturated rings. The van der Waals surface area contributed by atoms with Gasteiger partial charge in [0.15, 0.2) is 0 Å². The quantitative estimate of drug-likeness (QED) is 0.432. The lowest BCUT2D eigenvalue weighted by Crippen LogP contribution is -2.40. The number of rotatable bonds is 9. The highest BCUT2D eigenvalue weighted by Gasteiger charge is 2.26. The van der Waals surface area contributed by atoms with Gasteiger partial charge in [-0.25, -0.2) is 4.98 Å². The van der Waals surface area contributed by atoms with E-state index in [9.17, 15) is 4.79 Å². The fourth-order valence-electron chi connectivity index (χ4n) is 4.79. The molecule has 7 heteroatoms. The minimum Gasteiger partial charge on any atom is -0.441 e. The second-order valence-corrected chi connectivity index (χ2v) is 11.2. The molecule has 33 heavy (non-hydrogen) atoms. The number of halogens is 1. The highest BCUT2D eigenvalue weighted by atomic mass is 35.5. The standard InChI is InChI=1S/C26H36ClN3O2S/c1-19-24(29-26(32-19)21-7-5-8-22(27)17-21)18-30-14-11-20(12-15-30)25(31)28-13-6-16-33-23-9-3-2-4-10-23/h5,7-8,17,20,23H,2-4,6,9-16,18H2,1H3,(H,28,31). The van der Waals surface area contributed by atoms with Crippen LogP contribution in [0.25, 0.3) is 11.5 Å². The first-order valence-corrected chi connectivity index (χ1v) is 13.8. The molecular formula is C26H36ClN3O2S. The van der Waals surface area contributed by atoms with Crippen LogP contribution >= 0.6 is 23.4 Å². The summed E-state index contributed by atoms with van der Waals surface area (Å²) in [5.74, 6) is 2.99. The highest BCUT2D eigenvalue weighted by molar-refractivity contribution is 7.99. The molecule has 2 aliphatic rings. The van der Waals surface area contributed by atoms with Crippen molar-refractivity contribution in [3.8, 4) is 11.5 Å². The molecule has 0 spiro atoms. The van der Waals surface area contributed by atoms with E-state index in [1.807, 2.05) is 31.2 Å². The number of aromatic nitrogens is 1. The largest absolute Gasteiger partial charge is 0.441 e. The van der Waals surface area contributed by atoms with Crippen LogP contribution in [-0.4, -0.2) is 46.4 Å². The number of hydrogen-bond acceptors (Lipinski definition) is 5. The zero-order chi connectivity index (χ0) is 23.0. The van der Waals surface area contributed by atoms with Crippen LogP contribution in [0.15, 0.2) is 28.7 Å². The molecule has 1 saturated heterocycles. The molecule has 4 rings (SSSR count). The van der Waals surface area contributed by atoms with Gasteiger partial charge in [-0.1, -0.05) is 36.9 Å². The maximum atomic E-state index is 12.6. The van der Waals surface area contributed by atoms with Gasteiger partial charge in [-0.3, -0.25) is 9.69 Å². The van der Waals surface area contributed by atoms with Gasteiger partial charge >= 0.3 is 0 Å². The summed E-state index contributed by atoms with van der Waals surface area (Å²) in [6.45, 7) is 5.35. The average Bonchev–Trinajstić information content (AvgIpc) is 3.20. The molecule has 0 unspecified atom stereocenters. The van der Waals surface area contributed by atoms with Gasteiger partial charge in [0.05, 0.1) is 5.69 Å². The molecule has 5 nitrogen and oxygen atoms in total. The van der Waals surface area contributed by atoms with Crippen LogP contribution in [0.5, 0.6) is 0 Å². The molecule has 1 N–H and O–H groups in total. The maximum absolute atomic E-state index is 12.6. The Morgan fingerprint density at radius 2 is 2.00 bits per heavy atom. The molecule has 1 saturated carbocycles. The molecule has 2 aromatic rings. The van der Waals surface area contributed by atoms with Crippen molar-refractivity contribution in [3.05, 3.63) is 40.7 Å². The number of nitrogens with one attached hydrogen (secondary N) is 1. The summed E-state index contributed by atoms with van der Waals surface area (Å²) in [5.41, 5.74) is 1.85. The Balaban J connectivity index is 1.16. The van der Waals surface area contributed by atoms with Crippen LogP contribution in [0.1, 0.15) is 62.8 Å². The summed E-state index contributed by atoms with van der Waals surface area (Å²) in [6, 6.07) is 7.58. The fourth-order valence-corrected chi connectivity index (χ4v) is 6.30. The lowest BCUT2D eigenvalue weighted by atomic mass is 9.95. The number of benzene rings is 1. The molecule has 0 radical (unpaired) electrons. The van der Waals surface area contributed by atoms with Crippen LogP contribution in [-0.2, 0) is 11.3 Å². The second kappa shape index (κ2) is 12.3. The van der Waals surface area contributed by atoms with E-state index in [0.717, 1.165) is 73.5 Å². The molecule has 1 aromatic carbocycles. The Morgan fingerprint density at radius 3 is 2.76 bits per heavy atom. The van der Waals surface area contributed by atoms with Crippen molar-refractivity contribution in [1.29, 1.82) is 0 Å². The number of thioether (sulfide) groups is 1. The number of likely N-dealkylation sites (tertiary alicyclic amines) is 1. The lowest BCUT2D eigenvalue weighted by molar-refractivity contribution is -0.126. The SMILES string of the molecule is Cc1oc(-c2cccc(Cl)c2)nc1CN1CCC(C(=O)NCCCSC2CCCCC2)CC1. The normalized spacial score (nSPS) is 18.5. The van der Waals surface area contributed by atoms with Gasteiger partial charge in [-0.2, -0.15) is 11.8 Å². The van der Waals surface area contributed by atoms with E-state index in [2.05, 4.69) is 22.0 Å². The number of aryl methyl sites for hydroxylation is 1. The monoisotopic (exact) mass is 489 g/mol. The highest BCUT2D eigenvalue weighted by Crippen LogP contribution is 2.29. The van der Waals surface area contributed by atoms with E-state index in [-0.39, 0.29) is 11.8 Å². The number of piperidine rings is 1. The molecule has 0 bridgehead atoms. The summed E-state index contributed by atoms with van der Waals surface area (Å²) in [5, 5.41) is 4.71. The number of oxazole rings is 1. The van der Waals surface area contributed by atoms with E-state index < -0.39 is 0 Å². The molecule has 0 atom stereocenters. The van der Waals surface area contributed by atoms with Crippen molar-refractivity contribution in [2.24, 2.45) is 5.92 Å². The Hall–Kier alpha value is -1.50. The average molecular weight is 490 g/mol. The van der Waals surface area contributed by atoms with E-state index in [1.165, 1.54) is 32.1 Å². The lowest BCUT2D eigenvalue weighted by Gasteiger charge is -2.30. The van der Waals surface area contributed by atoms with Gasteiger partial charge in [0.1, 0.15) is 5.76 Å². The third-order valence-electron chi connectivity index (χ3n) is 6.82. The van der Waals surface area contributed by atoms with Crippen molar-refractivity contribution < 1.29 is 9.21 Å². The zero-order valence-corrected chi connectivity index (χ0v) is 21.2. The van der Waals surface area contributed by atoms with Crippen LogP contribution < -0.4 is 5.32 Å². The summed E-state index contributed by atoms with van der Waals surface area (Å²) >= 11 is 8.21. The summed E-state index contributed by atoms with van der Waals surface area (Å²) in [7, 11) is 0. The van der Waals surface area contributed by atoms with Gasteiger partial charge < -0.3 is 9.73 Å². The molecular weight excluding hydrogens is 454 g/mol. The zero-order valence-electron chi connectivity index (χ0n) is 19.7. The van der Waals surface area contributed by atoms with Gasteiger partial charge in [0, 0.05) is 34.8 Å². The smallest absolute Gasteiger partial charge is 0.226 e. The van der Waals surface area contributed by atoms with Crippen molar-refractivity contribution >= 4 is 29.3 Å². The first-order chi connectivity index (χ1) is 16.1. The Labute approximate surface area is 207 Å². The topological polar surface area (TPSA) is 58.4 Å². The van der Waals surface area contributed by atoms with E-state index in [1.54, 1.807) is 0 Å². The minimum atomic E-state index is 0.132. The first-order valence-electron chi connectivity index (χ1n) is 12.4. The number of nitrogens with zero attached hydrogens (tertiary/aromatic N) is 2. The van der Waals surface area contributed by atoms with Crippen molar-refractivity contribution in [3.63, 3.8) is 0 Å². The van der Waals surface area contributed by atoms with Crippen LogP contribution in [0, 0.1) is 12.8 Å². The molecule has 1 aliphatic carbocycles. The summed E-state index contributed by atoms with van der Waals surface area (Å²) < 4.78 is 5.90. The third-order valence-corrected chi connectivity index (χ3v) is 8.52. The summed E-state index contributed by atoms with van der Waals surface area (Å²) in [4.78, 5) is 19.7. The van der Waals surface area contributed by atoms with Gasteiger partial charge in [-0.15, -0.1) is 0 Å². The Morgan fingerprint density at radius 1 is 1.21 bits per heavy atom. The summed E-state index contributed by atoms with van der Waals surface area (Å²) in [6.07, 6.45) is 9.84. The van der Waals surface area contributed by atoms with Crippen molar-refractivity contribution in [1.82, 2.24) is 15.2 Å². The van der Waals surface area contributed by atoms with Crippen LogP contribution in [0.3, 0.4) is 0 Å². The Bertz CT molecular complexity index is 905. The fraction of sp³-hybridized carbons (Fsp3) is 0.615. The number of hydrogen-bond donors (Lipinski definition) is 1. The van der Waals surface area contributed by atoms with Crippen LogP contribution in [0.4, 0.5) is 0 Å². The van der Waals surface area contributed by atoms with Gasteiger partial charge in [0.2, 0.25) is 11.8 Å². The van der Waals surface area contributed by atoms with E-state index >= 15 is 0 Å².